The summed E-state index contributed by atoms with van der Waals surface area (Å²) in [7, 11) is 0. The third-order valence-corrected chi connectivity index (χ3v) is 5.74. The van der Waals surface area contributed by atoms with Crippen LogP contribution in [-0.2, 0) is 14.3 Å². The predicted molar refractivity (Wildman–Crippen MR) is 87.8 cm³/mol. The van der Waals surface area contributed by atoms with E-state index in [1.807, 2.05) is 0 Å². The number of primary amides is 1. The van der Waals surface area contributed by atoms with E-state index in [1.165, 1.54) is 25.7 Å². The fourth-order valence-corrected chi connectivity index (χ4v) is 5.03. The van der Waals surface area contributed by atoms with Crippen molar-refractivity contribution in [1.29, 1.82) is 0 Å². The molecule has 0 atom stereocenters. The van der Waals surface area contributed by atoms with Crippen LogP contribution in [0.4, 0.5) is 4.79 Å². The third-order valence-electron chi connectivity index (χ3n) is 1.70. The quantitative estimate of drug-likeness (QED) is 0.459. The van der Waals surface area contributed by atoms with Crippen molar-refractivity contribution in [3.8, 4) is 0 Å². The summed E-state index contributed by atoms with van der Waals surface area (Å²) < 4.78 is 7.43. The molecule has 0 rings (SSSR count). The smallest absolute Gasteiger partial charge is 0.404 e. The van der Waals surface area contributed by atoms with Gasteiger partial charge in [-0.15, -0.1) is 0 Å². The zero-order valence-corrected chi connectivity index (χ0v) is 17.8. The molecule has 0 unspecified atom stereocenters. The van der Waals surface area contributed by atoms with Crippen LogP contribution in [-0.4, -0.2) is 45.8 Å². The molecule has 0 aliphatic heterocycles. The van der Waals surface area contributed by atoms with E-state index in [4.69, 9.17) is 19.8 Å². The van der Waals surface area contributed by atoms with Gasteiger partial charge in [-0.3, -0.25) is 0 Å². The number of nitrogens with two attached hydrogens (primary N) is 1. The molecule has 0 aliphatic carbocycles. The minimum Gasteiger partial charge on any atom is -0.450 e. The fraction of sp³-hybridized carbons (Fsp3) is 0.800. The van der Waals surface area contributed by atoms with Gasteiger partial charge in [-0.25, -0.2) is 4.79 Å². The molecule has 0 spiro atoms. The number of ether oxygens (including phenoxy) is 1. The van der Waals surface area contributed by atoms with Crippen molar-refractivity contribution in [1.82, 2.24) is 0 Å². The average Bonchev–Trinajstić information content (AvgIpc) is 2.38. The summed E-state index contributed by atoms with van der Waals surface area (Å²) in [6.07, 6.45) is 5.13. The van der Waals surface area contributed by atoms with Crippen molar-refractivity contribution >= 4 is 39.2 Å². The van der Waals surface area contributed by atoms with Crippen LogP contribution in [0.5, 0.6) is 0 Å². The van der Waals surface area contributed by atoms with E-state index in [1.54, 1.807) is 15.8 Å². The minimum absolute atomic E-state index is 0.149. The molecule has 0 fully saturated rings. The molecular formula is C15H31NO6Sn. The van der Waals surface area contributed by atoms with E-state index in [0.29, 0.717) is 6.61 Å². The van der Waals surface area contributed by atoms with Crippen LogP contribution in [0.25, 0.3) is 0 Å². The van der Waals surface area contributed by atoms with Crippen LogP contribution in [0.3, 0.4) is 0 Å². The van der Waals surface area contributed by atoms with E-state index in [-0.39, 0.29) is 21.1 Å². The Balaban J connectivity index is -0.000000112. The number of carbonyl (C=O) groups excluding carboxylic acids is 3. The summed E-state index contributed by atoms with van der Waals surface area (Å²) in [5, 5.41) is 17.8. The molecule has 0 aliphatic rings. The zero-order chi connectivity index (χ0) is 19.1. The van der Waals surface area contributed by atoms with Gasteiger partial charge in [-0.05, 0) is 20.8 Å². The molecule has 23 heavy (non-hydrogen) atoms. The Morgan fingerprint density at radius 2 is 1.22 bits per heavy atom. The van der Waals surface area contributed by atoms with Gasteiger partial charge >= 0.3 is 75.6 Å². The van der Waals surface area contributed by atoms with Gasteiger partial charge in [0.2, 0.25) is 0 Å². The van der Waals surface area contributed by atoms with Gasteiger partial charge < -0.3 is 30.3 Å². The molecule has 0 heterocycles. The first-order chi connectivity index (χ1) is 10.6. The van der Waals surface area contributed by atoms with Gasteiger partial charge in [0.1, 0.15) is 0 Å². The molecule has 0 bridgehead atoms. The van der Waals surface area contributed by atoms with Crippen LogP contribution in [0, 0.1) is 0 Å². The minimum atomic E-state index is -1.08. The number of aliphatic carboxylic acids is 2. The largest absolute Gasteiger partial charge is 0.450 e. The molecule has 0 aromatic heterocycles. The molecule has 0 saturated carbocycles. The molecular weight excluding hydrogens is 409 g/mol. The maximum Gasteiger partial charge on any atom is 0.404 e. The summed E-state index contributed by atoms with van der Waals surface area (Å²) in [6, 6.07) is 0. The van der Waals surface area contributed by atoms with E-state index >= 15 is 0 Å². The van der Waals surface area contributed by atoms with Crippen molar-refractivity contribution in [3.63, 3.8) is 0 Å². The van der Waals surface area contributed by atoms with E-state index in [9.17, 15) is 4.79 Å². The zero-order valence-electron chi connectivity index (χ0n) is 15.0. The molecule has 7 nitrogen and oxygen atoms in total. The standard InChI is InChI=1S/2C4H9.C3H7NO2.2C2H4O2.Sn/c2*1-3-4-2;1-2-6-3(4)5;2*1-2(3)4;/h2*1,3-4H2,2H3;2H2,1H3,(H2,4,5);2*1H3,(H,3,4);/q;;;;;+2/p-2. The van der Waals surface area contributed by atoms with Gasteiger partial charge in [-0.2, -0.15) is 0 Å². The Morgan fingerprint density at radius 1 is 0.913 bits per heavy atom. The molecule has 136 valence electrons. The van der Waals surface area contributed by atoms with Crippen molar-refractivity contribution < 1.29 is 29.3 Å². The molecule has 0 radical (unpaired) electrons. The Bertz CT molecular complexity index is 249. The van der Waals surface area contributed by atoms with Crippen LogP contribution in [0.1, 0.15) is 60.3 Å². The van der Waals surface area contributed by atoms with Crippen molar-refractivity contribution in [2.24, 2.45) is 5.73 Å². The Morgan fingerprint density at radius 3 is 1.35 bits per heavy atom. The molecule has 8 heteroatoms. The maximum atomic E-state index is 9.60. The molecule has 0 aromatic carbocycles. The number of unbranched alkanes of at least 4 members (excludes halogenated alkanes) is 2. The second-order valence-electron chi connectivity index (χ2n) is 4.19. The number of carbonyl (C=O) groups is 3. The maximum absolute atomic E-state index is 9.60. The monoisotopic (exact) mass is 441 g/mol. The van der Waals surface area contributed by atoms with E-state index in [2.05, 4.69) is 24.3 Å². The number of hydrogen-bond donors (Lipinski definition) is 1. The van der Waals surface area contributed by atoms with E-state index in [0.717, 1.165) is 13.8 Å². The van der Waals surface area contributed by atoms with Crippen LogP contribution < -0.4 is 15.9 Å². The second kappa shape index (κ2) is 29.1. The average molecular weight is 440 g/mol. The summed E-state index contributed by atoms with van der Waals surface area (Å²) in [4.78, 5) is 27.4. The predicted octanol–water partition coefficient (Wildman–Crippen LogP) is 0.741. The van der Waals surface area contributed by atoms with Crippen LogP contribution in [0.2, 0.25) is 8.87 Å². The molecule has 0 saturated heterocycles. The Labute approximate surface area is 150 Å². The second-order valence-corrected chi connectivity index (χ2v) is 8.47. The number of rotatable bonds is 7. The van der Waals surface area contributed by atoms with Gasteiger partial charge in [-0.1, -0.05) is 0 Å². The van der Waals surface area contributed by atoms with Gasteiger partial charge in [0.15, 0.2) is 0 Å². The molecule has 1 amide bonds. The summed E-state index contributed by atoms with van der Waals surface area (Å²) in [5.41, 5.74) is 4.54. The Hall–Kier alpha value is -0.991. The SMILES string of the molecule is CC(=O)[O-].CC(=O)[O-].CCC[CH2][Sn+2][CH2]CCC.CCOC(N)=O. The molecule has 2 N–H and O–H groups in total. The van der Waals surface area contributed by atoms with Gasteiger partial charge in [0.25, 0.3) is 0 Å². The normalized spacial score (nSPS) is 7.70. The van der Waals surface area contributed by atoms with Gasteiger partial charge in [0, 0.05) is 11.9 Å². The summed E-state index contributed by atoms with van der Waals surface area (Å²) in [6.45, 7) is 8.58. The first kappa shape index (κ1) is 30.0. The number of carboxylic acid groups (broad SMARTS) is 2. The summed E-state index contributed by atoms with van der Waals surface area (Å²) in [5.74, 6) is -2.17. The fourth-order valence-electron chi connectivity index (χ4n) is 0.871. The van der Waals surface area contributed by atoms with Crippen molar-refractivity contribution in [2.75, 3.05) is 6.61 Å². The first-order valence-corrected chi connectivity index (χ1v) is 11.7. The van der Waals surface area contributed by atoms with Crippen LogP contribution >= 0.6 is 0 Å². The number of amides is 1. The van der Waals surface area contributed by atoms with Gasteiger partial charge in [0.05, 0.1) is 6.61 Å². The third kappa shape index (κ3) is 118. The topological polar surface area (TPSA) is 133 Å². The van der Waals surface area contributed by atoms with E-state index < -0.39 is 18.0 Å². The number of hydrogen-bond acceptors (Lipinski definition) is 6. The van der Waals surface area contributed by atoms with Crippen molar-refractivity contribution in [3.05, 3.63) is 0 Å². The van der Waals surface area contributed by atoms with Crippen LogP contribution in [0.15, 0.2) is 0 Å². The van der Waals surface area contributed by atoms with Crippen molar-refractivity contribution in [2.45, 2.75) is 69.2 Å². The summed E-state index contributed by atoms with van der Waals surface area (Å²) >= 11 is 0.149. The number of carboxylic acids is 2. The Kier molecular flexibility index (Phi) is 37.9. The first-order valence-electron chi connectivity index (χ1n) is 7.63. The molecule has 0 aromatic rings.